The largest absolute Gasteiger partial charge is 0.454 e. The van der Waals surface area contributed by atoms with E-state index in [4.69, 9.17) is 9.47 Å². The first kappa shape index (κ1) is 22.3. The van der Waals surface area contributed by atoms with E-state index in [1.54, 1.807) is 24.3 Å². The molecule has 8 heteroatoms. The fraction of sp³-hybridized carbons (Fsp3) is 0.269. The normalized spacial score (nSPS) is 16.0. The molecule has 34 heavy (non-hydrogen) atoms. The van der Waals surface area contributed by atoms with E-state index in [2.05, 4.69) is 0 Å². The Morgan fingerprint density at radius 3 is 2.35 bits per heavy atom. The molecule has 176 valence electrons. The Balaban J connectivity index is 1.25. The van der Waals surface area contributed by atoms with Crippen LogP contribution in [0.4, 0.5) is 13.2 Å². The van der Waals surface area contributed by atoms with Gasteiger partial charge in [0.05, 0.1) is 31.7 Å². The van der Waals surface area contributed by atoms with E-state index in [9.17, 15) is 18.0 Å². The first-order valence-corrected chi connectivity index (χ1v) is 11.2. The quantitative estimate of drug-likeness (QED) is 0.635. The average molecular weight is 469 g/mol. The molecular weight excluding hydrogens is 445 g/mol. The van der Waals surface area contributed by atoms with Gasteiger partial charge in [0.25, 0.3) is 5.91 Å². The standard InChI is InChI=1S/C26H23F3N2O3/c27-26(28,29)20-8-6-19(7-9-20)21-3-1-2-4-22(21)25(32)31-13-11-30(12-14-31)16-18-5-10-23-24(15-18)34-17-33-23/h1-10,15H,11-14,16-17H2/p+1. The minimum Gasteiger partial charge on any atom is -0.454 e. The Kier molecular flexibility index (Phi) is 5.91. The van der Waals surface area contributed by atoms with E-state index in [1.165, 1.54) is 17.0 Å². The first-order chi connectivity index (χ1) is 16.4. The second kappa shape index (κ2) is 9.02. The number of hydrogen-bond donors (Lipinski definition) is 1. The van der Waals surface area contributed by atoms with Crippen LogP contribution in [-0.2, 0) is 12.7 Å². The van der Waals surface area contributed by atoms with Gasteiger partial charge in [0, 0.05) is 11.1 Å². The highest BCUT2D eigenvalue weighted by molar-refractivity contribution is 6.01. The van der Waals surface area contributed by atoms with Crippen molar-refractivity contribution in [3.05, 3.63) is 83.4 Å². The number of nitrogens with zero attached hydrogens (tertiary/aromatic N) is 1. The van der Waals surface area contributed by atoms with E-state index in [-0.39, 0.29) is 12.7 Å². The van der Waals surface area contributed by atoms with Gasteiger partial charge in [-0.2, -0.15) is 13.2 Å². The molecule has 1 amide bonds. The van der Waals surface area contributed by atoms with E-state index < -0.39 is 11.7 Å². The zero-order valence-electron chi connectivity index (χ0n) is 18.4. The van der Waals surface area contributed by atoms with Crippen LogP contribution in [0, 0.1) is 0 Å². The topological polar surface area (TPSA) is 43.2 Å². The molecule has 1 saturated heterocycles. The fourth-order valence-corrected chi connectivity index (χ4v) is 4.47. The summed E-state index contributed by atoms with van der Waals surface area (Å²) in [4.78, 5) is 16.5. The van der Waals surface area contributed by atoms with Gasteiger partial charge in [0.15, 0.2) is 11.5 Å². The second-order valence-electron chi connectivity index (χ2n) is 8.53. The van der Waals surface area contributed by atoms with Crippen LogP contribution in [0.3, 0.4) is 0 Å². The molecule has 0 aromatic heterocycles. The molecule has 2 heterocycles. The summed E-state index contributed by atoms with van der Waals surface area (Å²) >= 11 is 0. The van der Waals surface area contributed by atoms with Crippen molar-refractivity contribution in [2.45, 2.75) is 12.7 Å². The third kappa shape index (κ3) is 4.59. The van der Waals surface area contributed by atoms with Crippen LogP contribution in [0.25, 0.3) is 11.1 Å². The van der Waals surface area contributed by atoms with Gasteiger partial charge < -0.3 is 19.3 Å². The number of hydrogen-bond acceptors (Lipinski definition) is 3. The van der Waals surface area contributed by atoms with Gasteiger partial charge in [0.1, 0.15) is 6.54 Å². The molecule has 2 aliphatic heterocycles. The zero-order chi connectivity index (χ0) is 23.7. The Morgan fingerprint density at radius 2 is 1.62 bits per heavy atom. The summed E-state index contributed by atoms with van der Waals surface area (Å²) in [5, 5.41) is 0. The SMILES string of the molecule is O=C(c1ccccc1-c1ccc(C(F)(F)F)cc1)N1CC[NH+](Cc2ccc3c(c2)OCO3)CC1. The highest BCUT2D eigenvalue weighted by Crippen LogP contribution is 2.33. The van der Waals surface area contributed by atoms with Crippen molar-refractivity contribution in [2.24, 2.45) is 0 Å². The molecule has 5 nitrogen and oxygen atoms in total. The lowest BCUT2D eigenvalue weighted by molar-refractivity contribution is -0.917. The van der Waals surface area contributed by atoms with Crippen molar-refractivity contribution in [1.29, 1.82) is 0 Å². The predicted octanol–water partition coefficient (Wildman–Crippen LogP) is 3.64. The van der Waals surface area contributed by atoms with Gasteiger partial charge in [-0.3, -0.25) is 4.79 Å². The van der Waals surface area contributed by atoms with Crippen LogP contribution in [0.5, 0.6) is 11.5 Å². The van der Waals surface area contributed by atoms with E-state index in [0.717, 1.165) is 48.8 Å². The maximum Gasteiger partial charge on any atom is 0.416 e. The monoisotopic (exact) mass is 469 g/mol. The molecule has 0 spiro atoms. The van der Waals surface area contributed by atoms with Gasteiger partial charge in [-0.15, -0.1) is 0 Å². The van der Waals surface area contributed by atoms with Gasteiger partial charge in [-0.1, -0.05) is 30.3 Å². The third-order valence-electron chi connectivity index (χ3n) is 6.33. The number of fused-ring (bicyclic) bond motifs is 1. The van der Waals surface area contributed by atoms with E-state index in [0.29, 0.717) is 29.8 Å². The third-order valence-corrected chi connectivity index (χ3v) is 6.33. The van der Waals surface area contributed by atoms with Crippen molar-refractivity contribution in [2.75, 3.05) is 33.0 Å². The minimum atomic E-state index is -4.39. The lowest BCUT2D eigenvalue weighted by Crippen LogP contribution is -3.13. The number of carbonyl (C=O) groups excluding carboxylic acids is 1. The number of carbonyl (C=O) groups is 1. The van der Waals surface area contributed by atoms with Crippen LogP contribution in [0.1, 0.15) is 21.5 Å². The molecule has 0 bridgehead atoms. The first-order valence-electron chi connectivity index (χ1n) is 11.2. The van der Waals surface area contributed by atoms with Crippen molar-refractivity contribution in [3.8, 4) is 22.6 Å². The summed E-state index contributed by atoms with van der Waals surface area (Å²) in [6, 6.07) is 18.0. The second-order valence-corrected chi connectivity index (χ2v) is 8.53. The maximum atomic E-state index is 13.3. The van der Waals surface area contributed by atoms with Gasteiger partial charge in [-0.25, -0.2) is 0 Å². The maximum absolute atomic E-state index is 13.3. The highest BCUT2D eigenvalue weighted by Gasteiger charge is 2.30. The van der Waals surface area contributed by atoms with E-state index in [1.807, 2.05) is 23.1 Å². The lowest BCUT2D eigenvalue weighted by Gasteiger charge is -2.32. The predicted molar refractivity (Wildman–Crippen MR) is 120 cm³/mol. The van der Waals surface area contributed by atoms with Crippen LogP contribution in [0.2, 0.25) is 0 Å². The molecule has 3 aromatic carbocycles. The smallest absolute Gasteiger partial charge is 0.416 e. The van der Waals surface area contributed by atoms with Gasteiger partial charge in [-0.05, 0) is 47.5 Å². The Bertz CT molecular complexity index is 1190. The van der Waals surface area contributed by atoms with Crippen molar-refractivity contribution in [3.63, 3.8) is 0 Å². The van der Waals surface area contributed by atoms with Crippen molar-refractivity contribution in [1.82, 2.24) is 4.90 Å². The number of amides is 1. The summed E-state index contributed by atoms with van der Waals surface area (Å²) in [6.45, 7) is 3.92. The van der Waals surface area contributed by atoms with Crippen LogP contribution in [0.15, 0.2) is 66.7 Å². The summed E-state index contributed by atoms with van der Waals surface area (Å²) < 4.78 is 49.6. The van der Waals surface area contributed by atoms with E-state index >= 15 is 0 Å². The molecule has 2 aliphatic rings. The summed E-state index contributed by atoms with van der Waals surface area (Å²) in [5.74, 6) is 1.43. The van der Waals surface area contributed by atoms with Crippen LogP contribution < -0.4 is 14.4 Å². The van der Waals surface area contributed by atoms with Gasteiger partial charge in [0.2, 0.25) is 6.79 Å². The molecule has 0 aliphatic carbocycles. The fourth-order valence-electron chi connectivity index (χ4n) is 4.47. The number of nitrogens with one attached hydrogen (secondary N) is 1. The zero-order valence-corrected chi connectivity index (χ0v) is 18.4. The molecule has 0 unspecified atom stereocenters. The lowest BCUT2D eigenvalue weighted by atomic mass is 9.97. The molecule has 1 N–H and O–H groups in total. The summed E-state index contributed by atoms with van der Waals surface area (Å²) in [5.41, 5.74) is 2.18. The molecule has 0 radical (unpaired) electrons. The molecule has 5 rings (SSSR count). The molecular formula is C26H24F3N2O3+. The Hall–Kier alpha value is -3.52. The number of ether oxygens (including phenoxy) is 2. The number of alkyl halides is 3. The Morgan fingerprint density at radius 1 is 0.912 bits per heavy atom. The highest BCUT2D eigenvalue weighted by atomic mass is 19.4. The summed E-state index contributed by atoms with van der Waals surface area (Å²) in [6.07, 6.45) is -4.39. The average Bonchev–Trinajstić information content (AvgIpc) is 3.32. The molecule has 0 saturated carbocycles. The van der Waals surface area contributed by atoms with Crippen molar-refractivity contribution >= 4 is 5.91 Å². The van der Waals surface area contributed by atoms with Gasteiger partial charge >= 0.3 is 6.18 Å². The molecule has 0 atom stereocenters. The number of halogens is 3. The van der Waals surface area contributed by atoms with Crippen LogP contribution >= 0.6 is 0 Å². The minimum absolute atomic E-state index is 0.0994. The number of rotatable bonds is 4. The summed E-state index contributed by atoms with van der Waals surface area (Å²) in [7, 11) is 0. The number of piperazine rings is 1. The number of benzene rings is 3. The molecule has 3 aromatic rings. The molecule has 1 fully saturated rings. The Labute approximate surface area is 195 Å². The van der Waals surface area contributed by atoms with Crippen LogP contribution in [-0.4, -0.2) is 43.8 Å². The number of quaternary nitrogens is 1. The van der Waals surface area contributed by atoms with Crippen molar-refractivity contribution < 1.29 is 32.3 Å².